The average Bonchev–Trinajstić information content (AvgIpc) is 3.33. The molecule has 0 aromatic heterocycles. The standard InChI is InChI=1S/C47H72N10O19S/c58-36(51-33(12-14-37(59)60)43(71)48-16-5-3-6-34(44(72)73)52-46(76)53-35(45(74)75)13-15-38(61)62)7-2-1-4-17-49-47(77)50-31-10-8-30(9-11-31)24-32-25-56(28-41(67)68)21-20-54(26-39(63)64)18-19-55(27-40(65)66)22-23-57(32)29-42(69)70/h8-11,32-35H,1-7,12-29H2,(H,48,71)(H,51,58)(H,59,60)(H,61,62)(H,63,64)(H,65,66)(H,67,68)(H,69,70)(H,72,73)(H,74,75)(H2,49,50,77)(H2,52,53,76). The first-order chi connectivity index (χ1) is 36.4. The van der Waals surface area contributed by atoms with Crippen molar-refractivity contribution in [2.24, 2.45) is 0 Å². The van der Waals surface area contributed by atoms with Crippen molar-refractivity contribution in [3.05, 3.63) is 29.8 Å². The Bertz CT molecular complexity index is 2170. The van der Waals surface area contributed by atoms with Crippen LogP contribution in [0.5, 0.6) is 0 Å². The molecule has 1 heterocycles. The number of urea groups is 1. The third-order valence-corrected chi connectivity index (χ3v) is 12.2. The van der Waals surface area contributed by atoms with Gasteiger partial charge in [0.05, 0.1) is 26.2 Å². The predicted octanol–water partition coefficient (Wildman–Crippen LogP) is -1.29. The molecule has 1 aliphatic rings. The van der Waals surface area contributed by atoms with E-state index in [1.807, 2.05) is 5.32 Å². The maximum absolute atomic E-state index is 13.0. The largest absolute Gasteiger partial charge is 0.481 e. The second-order valence-electron chi connectivity index (χ2n) is 18.3. The van der Waals surface area contributed by atoms with Crippen LogP contribution in [0.15, 0.2) is 24.3 Å². The first-order valence-electron chi connectivity index (χ1n) is 24.9. The van der Waals surface area contributed by atoms with E-state index in [1.165, 1.54) is 0 Å². The molecule has 1 aromatic carbocycles. The van der Waals surface area contributed by atoms with Gasteiger partial charge in [-0.15, -0.1) is 0 Å². The first kappa shape index (κ1) is 65.8. The zero-order valence-corrected chi connectivity index (χ0v) is 43.4. The Hall–Kier alpha value is -7.28. The topological polar surface area (TPSA) is 435 Å². The Balaban J connectivity index is 1.90. The molecule has 0 radical (unpaired) electrons. The predicted molar refractivity (Wildman–Crippen MR) is 275 cm³/mol. The van der Waals surface area contributed by atoms with Crippen molar-refractivity contribution in [2.75, 3.05) is 90.4 Å². The van der Waals surface area contributed by atoms with Gasteiger partial charge in [-0.25, -0.2) is 14.4 Å². The molecule has 1 aromatic rings. The second kappa shape index (κ2) is 35.9. The summed E-state index contributed by atoms with van der Waals surface area (Å²) in [6, 6.07) is 1.24. The van der Waals surface area contributed by atoms with Gasteiger partial charge in [0.25, 0.3) is 0 Å². The lowest BCUT2D eigenvalue weighted by atomic mass is 10.0. The number of carboxylic acids is 8. The van der Waals surface area contributed by atoms with E-state index in [1.54, 1.807) is 43.9 Å². The van der Waals surface area contributed by atoms with Crippen LogP contribution in [0, 0.1) is 0 Å². The maximum Gasteiger partial charge on any atom is 0.326 e. The number of hydrogen-bond donors (Lipinski definition) is 14. The van der Waals surface area contributed by atoms with E-state index in [9.17, 15) is 88.5 Å². The van der Waals surface area contributed by atoms with Crippen molar-refractivity contribution in [2.45, 2.75) is 101 Å². The van der Waals surface area contributed by atoms with Crippen molar-refractivity contribution in [3.8, 4) is 0 Å². The lowest BCUT2D eigenvalue weighted by Crippen LogP contribution is -2.53. The zero-order chi connectivity index (χ0) is 57.5. The molecule has 77 heavy (non-hydrogen) atoms. The monoisotopic (exact) mass is 1110 g/mol. The van der Waals surface area contributed by atoms with E-state index in [-0.39, 0.29) is 111 Å². The normalized spacial score (nSPS) is 16.1. The van der Waals surface area contributed by atoms with Crippen LogP contribution in [0.25, 0.3) is 0 Å². The van der Waals surface area contributed by atoms with E-state index in [0.717, 1.165) is 5.56 Å². The van der Waals surface area contributed by atoms with Crippen molar-refractivity contribution < 1.29 is 93.6 Å². The summed E-state index contributed by atoms with van der Waals surface area (Å²) in [5, 5.41) is 91.2. The second-order valence-corrected chi connectivity index (χ2v) is 18.7. The number of carbonyl (C=O) groups is 11. The lowest BCUT2D eigenvalue weighted by Gasteiger charge is -2.37. The van der Waals surface area contributed by atoms with Gasteiger partial charge in [0.15, 0.2) is 5.11 Å². The highest BCUT2D eigenvalue weighted by Gasteiger charge is 2.29. The van der Waals surface area contributed by atoms with Crippen LogP contribution >= 0.6 is 12.2 Å². The third-order valence-electron chi connectivity index (χ3n) is 12.0. The van der Waals surface area contributed by atoms with Gasteiger partial charge in [0, 0.05) is 89.9 Å². The van der Waals surface area contributed by atoms with Crippen LogP contribution in [-0.4, -0.2) is 240 Å². The molecule has 14 N–H and O–H groups in total. The molecule has 0 spiro atoms. The summed E-state index contributed by atoms with van der Waals surface area (Å²) in [7, 11) is 0. The van der Waals surface area contributed by atoms with E-state index >= 15 is 0 Å². The number of thiocarbonyl (C=S) groups is 1. The molecule has 0 saturated carbocycles. The number of nitrogens with one attached hydrogen (secondary N) is 6. The molecule has 1 saturated heterocycles. The van der Waals surface area contributed by atoms with Crippen LogP contribution in [0.2, 0.25) is 0 Å². The number of carboxylic acid groups (broad SMARTS) is 8. The molecule has 0 aliphatic carbocycles. The average molecular weight is 1110 g/mol. The fourth-order valence-electron chi connectivity index (χ4n) is 8.07. The van der Waals surface area contributed by atoms with Crippen LogP contribution < -0.4 is 31.9 Å². The Morgan fingerprint density at radius 2 is 0.987 bits per heavy atom. The number of nitrogens with zero attached hydrogens (tertiary/aromatic N) is 4. The highest BCUT2D eigenvalue weighted by molar-refractivity contribution is 7.80. The molecule has 4 amide bonds. The summed E-state index contributed by atoms with van der Waals surface area (Å²) in [5.74, 6) is -11.0. The molecule has 4 unspecified atom stereocenters. The van der Waals surface area contributed by atoms with Crippen molar-refractivity contribution in [1.29, 1.82) is 0 Å². The SMILES string of the molecule is O=C(O)CCC(NC(=O)NC(CCCCNC(=O)C(CCC(=O)O)NC(=O)CCCCCNC(=S)Nc1ccc(CC2CN(CC(=O)O)CCN(CC(=O)O)CCN(CC(=O)O)CCN2CC(=O)O)cc1)C(=O)O)C(=O)O. The van der Waals surface area contributed by atoms with Gasteiger partial charge in [0.2, 0.25) is 11.8 Å². The third kappa shape index (κ3) is 30.2. The summed E-state index contributed by atoms with van der Waals surface area (Å²) in [5.41, 5.74) is 1.40. The van der Waals surface area contributed by atoms with E-state index in [0.29, 0.717) is 36.6 Å². The van der Waals surface area contributed by atoms with Crippen LogP contribution in [-0.2, 0) is 54.4 Å². The minimum atomic E-state index is -1.57. The summed E-state index contributed by atoms with van der Waals surface area (Å²) >= 11 is 5.46. The number of aliphatic carboxylic acids is 8. The van der Waals surface area contributed by atoms with Gasteiger partial charge in [0.1, 0.15) is 18.1 Å². The smallest absolute Gasteiger partial charge is 0.326 e. The lowest BCUT2D eigenvalue weighted by molar-refractivity contribution is -0.142. The van der Waals surface area contributed by atoms with Crippen LogP contribution in [0.1, 0.15) is 76.2 Å². The van der Waals surface area contributed by atoms with Crippen molar-refractivity contribution in [1.82, 2.24) is 46.2 Å². The Morgan fingerprint density at radius 1 is 0.506 bits per heavy atom. The van der Waals surface area contributed by atoms with Crippen molar-refractivity contribution in [3.63, 3.8) is 0 Å². The summed E-state index contributed by atoms with van der Waals surface area (Å²) in [6.45, 7) is 0.0568. The number of benzene rings is 1. The van der Waals surface area contributed by atoms with Gasteiger partial charge in [-0.2, -0.15) is 0 Å². The Morgan fingerprint density at radius 3 is 1.52 bits per heavy atom. The van der Waals surface area contributed by atoms with Crippen molar-refractivity contribution >= 4 is 88.6 Å². The minimum absolute atomic E-state index is 0.00721. The van der Waals surface area contributed by atoms with Gasteiger partial charge < -0.3 is 72.8 Å². The first-order valence-corrected chi connectivity index (χ1v) is 25.3. The van der Waals surface area contributed by atoms with Crippen LogP contribution in [0.3, 0.4) is 0 Å². The van der Waals surface area contributed by atoms with Gasteiger partial charge >= 0.3 is 53.8 Å². The summed E-state index contributed by atoms with van der Waals surface area (Å²) in [6.07, 6.45) is 0.525. The van der Waals surface area contributed by atoms with Gasteiger partial charge in [-0.05, 0) is 81.3 Å². The molecule has 4 atom stereocenters. The minimum Gasteiger partial charge on any atom is -0.481 e. The molecular formula is C47H72N10O19S. The number of unbranched alkanes of at least 4 members (excludes halogenated alkanes) is 3. The zero-order valence-electron chi connectivity index (χ0n) is 42.6. The Kier molecular flexibility index (Phi) is 30.7. The maximum atomic E-state index is 13.0. The van der Waals surface area contributed by atoms with E-state index < -0.39 is 116 Å². The molecule has 30 heteroatoms. The Labute approximate surface area is 448 Å². The molecule has 29 nitrogen and oxygen atoms in total. The van der Waals surface area contributed by atoms with Crippen LogP contribution in [0.4, 0.5) is 10.5 Å². The highest BCUT2D eigenvalue weighted by atomic mass is 32.1. The van der Waals surface area contributed by atoms with E-state index in [2.05, 4.69) is 26.6 Å². The molecule has 1 fully saturated rings. The van der Waals surface area contributed by atoms with E-state index in [4.69, 9.17) is 17.3 Å². The summed E-state index contributed by atoms with van der Waals surface area (Å²) < 4.78 is 0. The molecular weight excluding hydrogens is 1040 g/mol. The number of anilines is 1. The fraction of sp³-hybridized carbons (Fsp3) is 0.617. The molecule has 1 aliphatic heterocycles. The van der Waals surface area contributed by atoms with Gasteiger partial charge in [-0.3, -0.25) is 58.0 Å². The number of hydrogen-bond acceptors (Lipinski definition) is 16. The highest BCUT2D eigenvalue weighted by Crippen LogP contribution is 2.17. The number of amides is 4. The number of carbonyl (C=O) groups excluding carboxylic acids is 3. The summed E-state index contributed by atoms with van der Waals surface area (Å²) in [4.78, 5) is 137. The number of rotatable bonds is 34. The molecule has 430 valence electrons. The fourth-order valence-corrected chi connectivity index (χ4v) is 8.29. The molecule has 0 bridgehead atoms. The molecule has 2 rings (SSSR count). The quantitative estimate of drug-likeness (QED) is 0.0282. The van der Waals surface area contributed by atoms with Gasteiger partial charge in [-0.1, -0.05) is 18.6 Å².